The topological polar surface area (TPSA) is 44.1 Å². The molecule has 0 aromatic rings. The monoisotopic (exact) mass is 113 g/mol. The predicted octanol–water partition coefficient (Wildman–Crippen LogP) is 0.797. The Morgan fingerprint density at radius 1 is 1.75 bits per heavy atom. The van der Waals surface area contributed by atoms with Crippen molar-refractivity contribution in [3.63, 3.8) is 0 Å². The molecule has 1 fully saturated rings. The Labute approximate surface area is 49.0 Å². The second-order valence-corrected chi connectivity index (χ2v) is 2.42. The average Bonchev–Trinajstić information content (AvgIpc) is 1.98. The van der Waals surface area contributed by atoms with Crippen LogP contribution in [-0.4, -0.2) is 16.9 Å². The quantitative estimate of drug-likeness (QED) is 0.479. The van der Waals surface area contributed by atoms with Gasteiger partial charge in [-0.15, -0.1) is 0 Å². The van der Waals surface area contributed by atoms with Crippen LogP contribution in [0.5, 0.6) is 0 Å². The summed E-state index contributed by atoms with van der Waals surface area (Å²) in [5.41, 5.74) is 0.706. The van der Waals surface area contributed by atoms with Gasteiger partial charge in [0.15, 0.2) is 0 Å². The van der Waals surface area contributed by atoms with Crippen LogP contribution in [0.15, 0.2) is 0 Å². The van der Waals surface area contributed by atoms with E-state index in [1.54, 1.807) is 0 Å². The molecule has 8 heavy (non-hydrogen) atoms. The molecular weight excluding hydrogens is 102 g/mol. The van der Waals surface area contributed by atoms with Gasteiger partial charge in [-0.05, 0) is 12.8 Å². The van der Waals surface area contributed by atoms with E-state index in [4.69, 9.17) is 10.5 Å². The van der Waals surface area contributed by atoms with Crippen LogP contribution in [-0.2, 0) is 0 Å². The van der Waals surface area contributed by atoms with Crippen molar-refractivity contribution in [1.29, 1.82) is 5.41 Å². The standard InChI is InChI=1S/C6H11NO/c1-4-5(7)2-3-6(4)8/h4,6-8H,2-3H2,1H3. The Hall–Kier alpha value is -0.370. The van der Waals surface area contributed by atoms with Gasteiger partial charge in [-0.25, -0.2) is 0 Å². The molecular formula is C6H11NO. The van der Waals surface area contributed by atoms with Crippen molar-refractivity contribution < 1.29 is 5.11 Å². The van der Waals surface area contributed by atoms with Crippen molar-refractivity contribution in [2.45, 2.75) is 25.9 Å². The van der Waals surface area contributed by atoms with Gasteiger partial charge in [0.1, 0.15) is 0 Å². The van der Waals surface area contributed by atoms with Gasteiger partial charge in [0.05, 0.1) is 6.10 Å². The predicted molar refractivity (Wildman–Crippen MR) is 32.1 cm³/mol. The first kappa shape index (κ1) is 5.76. The molecule has 0 heterocycles. The second kappa shape index (κ2) is 1.86. The highest BCUT2D eigenvalue weighted by molar-refractivity contribution is 5.86. The largest absolute Gasteiger partial charge is 0.392 e. The second-order valence-electron chi connectivity index (χ2n) is 2.42. The van der Waals surface area contributed by atoms with Gasteiger partial charge in [0.2, 0.25) is 0 Å². The van der Waals surface area contributed by atoms with Crippen LogP contribution in [0, 0.1) is 11.3 Å². The van der Waals surface area contributed by atoms with E-state index in [2.05, 4.69) is 0 Å². The number of hydrogen-bond acceptors (Lipinski definition) is 2. The van der Waals surface area contributed by atoms with E-state index in [1.165, 1.54) is 0 Å². The lowest BCUT2D eigenvalue weighted by Crippen LogP contribution is -2.13. The van der Waals surface area contributed by atoms with Crippen molar-refractivity contribution in [1.82, 2.24) is 0 Å². The third-order valence-electron chi connectivity index (χ3n) is 1.84. The molecule has 0 aromatic heterocycles. The molecule has 0 bridgehead atoms. The zero-order chi connectivity index (χ0) is 6.15. The molecule has 1 saturated carbocycles. The van der Waals surface area contributed by atoms with Gasteiger partial charge in [-0.3, -0.25) is 0 Å². The first-order chi connectivity index (χ1) is 3.72. The summed E-state index contributed by atoms with van der Waals surface area (Å²) in [5, 5.41) is 16.3. The van der Waals surface area contributed by atoms with Gasteiger partial charge >= 0.3 is 0 Å². The minimum Gasteiger partial charge on any atom is -0.392 e. The van der Waals surface area contributed by atoms with Gasteiger partial charge < -0.3 is 10.5 Å². The summed E-state index contributed by atoms with van der Waals surface area (Å²) < 4.78 is 0. The Balaban J connectivity index is 2.56. The van der Waals surface area contributed by atoms with Crippen LogP contribution >= 0.6 is 0 Å². The molecule has 0 radical (unpaired) electrons. The molecule has 46 valence electrons. The van der Waals surface area contributed by atoms with Crippen molar-refractivity contribution in [3.8, 4) is 0 Å². The Morgan fingerprint density at radius 2 is 2.38 bits per heavy atom. The molecule has 1 rings (SSSR count). The molecule has 0 aliphatic heterocycles. The maximum atomic E-state index is 9.03. The Morgan fingerprint density at radius 3 is 2.50 bits per heavy atom. The first-order valence-electron chi connectivity index (χ1n) is 2.97. The van der Waals surface area contributed by atoms with Crippen molar-refractivity contribution in [2.75, 3.05) is 0 Å². The van der Waals surface area contributed by atoms with Crippen LogP contribution in [0.25, 0.3) is 0 Å². The van der Waals surface area contributed by atoms with Crippen LogP contribution < -0.4 is 0 Å². The van der Waals surface area contributed by atoms with E-state index in [-0.39, 0.29) is 12.0 Å². The van der Waals surface area contributed by atoms with Crippen molar-refractivity contribution >= 4 is 5.71 Å². The summed E-state index contributed by atoms with van der Waals surface area (Å²) in [7, 11) is 0. The highest BCUT2D eigenvalue weighted by Gasteiger charge is 2.25. The SMILES string of the molecule is CC1C(=N)CCC1O. The van der Waals surface area contributed by atoms with Gasteiger partial charge in [-0.2, -0.15) is 0 Å². The third-order valence-corrected chi connectivity index (χ3v) is 1.84. The fourth-order valence-electron chi connectivity index (χ4n) is 1.01. The Bertz CT molecular complexity index is 111. The average molecular weight is 113 g/mol. The molecule has 1 aliphatic rings. The van der Waals surface area contributed by atoms with Gasteiger partial charge in [-0.1, -0.05) is 6.92 Å². The number of rotatable bonds is 0. The van der Waals surface area contributed by atoms with Crippen LogP contribution in [0.1, 0.15) is 19.8 Å². The molecule has 0 amide bonds. The minimum absolute atomic E-state index is 0.120. The van der Waals surface area contributed by atoms with Crippen molar-refractivity contribution in [2.24, 2.45) is 5.92 Å². The van der Waals surface area contributed by atoms with E-state index in [0.717, 1.165) is 12.8 Å². The molecule has 2 unspecified atom stereocenters. The van der Waals surface area contributed by atoms with Gasteiger partial charge in [0, 0.05) is 11.6 Å². The number of aliphatic hydroxyl groups is 1. The number of nitrogens with one attached hydrogen (secondary N) is 1. The van der Waals surface area contributed by atoms with Gasteiger partial charge in [0.25, 0.3) is 0 Å². The summed E-state index contributed by atoms with van der Waals surface area (Å²) in [6, 6.07) is 0. The molecule has 2 nitrogen and oxygen atoms in total. The lowest BCUT2D eigenvalue weighted by molar-refractivity contribution is 0.154. The highest BCUT2D eigenvalue weighted by Crippen LogP contribution is 2.20. The molecule has 1 aliphatic carbocycles. The summed E-state index contributed by atoms with van der Waals surface area (Å²) in [4.78, 5) is 0. The molecule has 2 heteroatoms. The molecule has 2 atom stereocenters. The summed E-state index contributed by atoms with van der Waals surface area (Å²) in [5.74, 6) is 0.120. The third kappa shape index (κ3) is 0.757. The van der Waals surface area contributed by atoms with E-state index in [0.29, 0.717) is 5.71 Å². The van der Waals surface area contributed by atoms with Crippen LogP contribution in [0.4, 0.5) is 0 Å². The zero-order valence-electron chi connectivity index (χ0n) is 5.02. The Kier molecular flexibility index (Phi) is 1.34. The summed E-state index contributed by atoms with van der Waals surface area (Å²) in [6.07, 6.45) is 1.35. The molecule has 2 N–H and O–H groups in total. The normalized spacial score (nSPS) is 38.5. The zero-order valence-corrected chi connectivity index (χ0v) is 5.02. The van der Waals surface area contributed by atoms with E-state index >= 15 is 0 Å². The lowest BCUT2D eigenvalue weighted by Gasteiger charge is -2.04. The van der Waals surface area contributed by atoms with Crippen LogP contribution in [0.2, 0.25) is 0 Å². The highest BCUT2D eigenvalue weighted by atomic mass is 16.3. The maximum Gasteiger partial charge on any atom is 0.0621 e. The van der Waals surface area contributed by atoms with Crippen LogP contribution in [0.3, 0.4) is 0 Å². The summed E-state index contributed by atoms with van der Waals surface area (Å²) >= 11 is 0. The smallest absolute Gasteiger partial charge is 0.0621 e. The van der Waals surface area contributed by atoms with E-state index in [1.807, 2.05) is 6.92 Å². The van der Waals surface area contributed by atoms with Crippen molar-refractivity contribution in [3.05, 3.63) is 0 Å². The fraction of sp³-hybridized carbons (Fsp3) is 0.833. The molecule has 0 saturated heterocycles. The number of hydrogen-bond donors (Lipinski definition) is 2. The van der Waals surface area contributed by atoms with E-state index < -0.39 is 0 Å². The van der Waals surface area contributed by atoms with E-state index in [9.17, 15) is 0 Å². The maximum absolute atomic E-state index is 9.03. The summed E-state index contributed by atoms with van der Waals surface area (Å²) in [6.45, 7) is 1.90. The first-order valence-corrected chi connectivity index (χ1v) is 2.97. The minimum atomic E-state index is -0.234. The fourth-order valence-corrected chi connectivity index (χ4v) is 1.01. The number of aliphatic hydroxyl groups excluding tert-OH is 1. The molecule has 0 spiro atoms. The molecule has 0 aromatic carbocycles. The lowest BCUT2D eigenvalue weighted by atomic mass is 10.1.